The summed E-state index contributed by atoms with van der Waals surface area (Å²) in [4.78, 5) is 62.3. The van der Waals surface area contributed by atoms with Crippen molar-refractivity contribution in [1.82, 2.24) is 14.6 Å². The van der Waals surface area contributed by atoms with E-state index in [-0.39, 0.29) is 62.9 Å². The zero-order chi connectivity index (χ0) is 42.2. The lowest BCUT2D eigenvalue weighted by atomic mass is 9.85. The van der Waals surface area contributed by atoms with Crippen molar-refractivity contribution >= 4 is 44.5 Å². The van der Waals surface area contributed by atoms with Gasteiger partial charge in [-0.1, -0.05) is 25.0 Å². The minimum absolute atomic E-state index is 0.0970. The molecule has 5 heterocycles. The number of methoxy groups -OCH3 is 1. The Labute approximate surface area is 340 Å². The third kappa shape index (κ3) is 7.81. The molecular formula is C42H50F3N3O10S. The Kier molecular flexibility index (Phi) is 10.4. The molecular weight excluding hydrogens is 796 g/mol. The maximum atomic E-state index is 14.9. The number of halogens is 3. The number of esters is 1. The van der Waals surface area contributed by atoms with Crippen molar-refractivity contribution < 1.29 is 59.7 Å². The molecule has 13 nitrogen and oxygen atoms in total. The van der Waals surface area contributed by atoms with E-state index in [0.717, 1.165) is 6.42 Å². The highest BCUT2D eigenvalue weighted by Crippen LogP contribution is 2.58. The zero-order valence-electron chi connectivity index (χ0n) is 33.5. The Hall–Kier alpha value is -4.25. The number of nitrogens with one attached hydrogen (secondary N) is 1. The van der Waals surface area contributed by atoms with Gasteiger partial charge in [0.25, 0.3) is 0 Å². The van der Waals surface area contributed by atoms with E-state index in [1.165, 1.54) is 24.1 Å². The lowest BCUT2D eigenvalue weighted by molar-refractivity contribution is -0.207. The molecule has 1 N–H and O–H groups in total. The number of ether oxygens (including phenoxy) is 4. The molecule has 1 aromatic carbocycles. The van der Waals surface area contributed by atoms with Crippen LogP contribution in [0.25, 0.3) is 10.9 Å². The summed E-state index contributed by atoms with van der Waals surface area (Å²) >= 11 is 0. The van der Waals surface area contributed by atoms with Crippen LogP contribution in [0.4, 0.5) is 13.2 Å². The maximum absolute atomic E-state index is 14.9. The summed E-state index contributed by atoms with van der Waals surface area (Å²) in [7, 11) is -2.61. The van der Waals surface area contributed by atoms with Crippen LogP contribution in [0.15, 0.2) is 30.4 Å². The molecule has 0 radical (unpaired) electrons. The SMILES string of the molecule is COc1ccc2nc(C(F)(F)F)c3c(c2c1)CC[C@]1(C[C@H]2C(=O)C[C@]4(C(=O)NS(=O)(=O)C5(C)CC5)C[C@H]4/C=C\CCCCC[C@H](CC(=O)OC4(C)COC4)C(=O)N2C1)O3. The van der Waals surface area contributed by atoms with Crippen molar-refractivity contribution in [1.29, 1.82) is 0 Å². The Morgan fingerprint density at radius 2 is 1.83 bits per heavy atom. The van der Waals surface area contributed by atoms with Crippen molar-refractivity contribution in [2.45, 2.75) is 125 Å². The molecule has 6 aliphatic rings. The number of ketones is 1. The molecule has 2 saturated carbocycles. The lowest BCUT2D eigenvalue weighted by Crippen LogP contribution is -2.51. The molecule has 4 aliphatic heterocycles. The van der Waals surface area contributed by atoms with E-state index in [2.05, 4.69) is 9.71 Å². The molecule has 2 saturated heterocycles. The molecule has 2 amide bonds. The fraction of sp³-hybridized carbons (Fsp3) is 0.643. The number of pyridine rings is 1. The van der Waals surface area contributed by atoms with Gasteiger partial charge in [-0.3, -0.25) is 23.9 Å². The molecule has 2 aromatic rings. The number of alkyl halides is 3. The summed E-state index contributed by atoms with van der Waals surface area (Å²) in [5.74, 6) is -3.91. The van der Waals surface area contributed by atoms with Gasteiger partial charge in [0.1, 0.15) is 11.4 Å². The minimum Gasteiger partial charge on any atom is -0.497 e. The number of hydrogen-bond acceptors (Lipinski definition) is 11. The van der Waals surface area contributed by atoms with Crippen LogP contribution < -0.4 is 14.2 Å². The second-order valence-electron chi connectivity index (χ2n) is 18.0. The summed E-state index contributed by atoms with van der Waals surface area (Å²) in [5.41, 5.74) is -4.55. The normalized spacial score (nSPS) is 30.7. The monoisotopic (exact) mass is 845 g/mol. The molecule has 8 rings (SSSR count). The molecule has 17 heteroatoms. The Balaban J connectivity index is 1.16. The Bertz CT molecular complexity index is 2220. The first kappa shape index (κ1) is 41.5. The van der Waals surface area contributed by atoms with E-state index in [1.807, 2.05) is 12.2 Å². The Morgan fingerprint density at radius 3 is 2.51 bits per heavy atom. The number of carbonyl (C=O) groups is 4. The van der Waals surface area contributed by atoms with Crippen LogP contribution in [0.3, 0.4) is 0 Å². The summed E-state index contributed by atoms with van der Waals surface area (Å²) < 4.78 is 94.7. The lowest BCUT2D eigenvalue weighted by Gasteiger charge is -2.38. The van der Waals surface area contributed by atoms with Gasteiger partial charge in [-0.2, -0.15) is 13.2 Å². The van der Waals surface area contributed by atoms with Gasteiger partial charge in [-0.05, 0) is 89.3 Å². The van der Waals surface area contributed by atoms with Gasteiger partial charge in [0.2, 0.25) is 21.8 Å². The van der Waals surface area contributed by atoms with Crippen LogP contribution in [0.5, 0.6) is 11.5 Å². The van der Waals surface area contributed by atoms with Crippen molar-refractivity contribution in [2.75, 3.05) is 26.9 Å². The summed E-state index contributed by atoms with van der Waals surface area (Å²) in [6.07, 6.45) is 2.19. The highest BCUT2D eigenvalue weighted by atomic mass is 32.2. The number of aromatic nitrogens is 1. The minimum atomic E-state index is -4.91. The predicted molar refractivity (Wildman–Crippen MR) is 206 cm³/mol. The molecule has 0 unspecified atom stereocenters. The van der Waals surface area contributed by atoms with Gasteiger partial charge >= 0.3 is 12.1 Å². The number of carbonyl (C=O) groups excluding carboxylic acids is 4. The van der Waals surface area contributed by atoms with Crippen LogP contribution in [0.1, 0.15) is 102 Å². The highest BCUT2D eigenvalue weighted by molar-refractivity contribution is 7.91. The summed E-state index contributed by atoms with van der Waals surface area (Å²) in [5, 5.41) is 0.419. The number of aryl methyl sites for hydroxylation is 1. The molecule has 5 atom stereocenters. The van der Waals surface area contributed by atoms with Gasteiger partial charge in [-0.25, -0.2) is 13.4 Å². The second-order valence-corrected chi connectivity index (χ2v) is 20.2. The number of amides is 2. The van der Waals surface area contributed by atoms with Crippen molar-refractivity contribution in [3.63, 3.8) is 0 Å². The van der Waals surface area contributed by atoms with Gasteiger partial charge in [0.05, 0.1) is 55.0 Å². The molecule has 0 bridgehead atoms. The average molecular weight is 846 g/mol. The van der Waals surface area contributed by atoms with Gasteiger partial charge < -0.3 is 23.8 Å². The van der Waals surface area contributed by atoms with E-state index in [4.69, 9.17) is 18.9 Å². The molecule has 1 spiro atoms. The van der Waals surface area contributed by atoms with E-state index >= 15 is 0 Å². The number of Topliss-reactive ketones (excluding diaryl/α,β-unsaturated/α-hetero) is 1. The summed E-state index contributed by atoms with van der Waals surface area (Å²) in [6.45, 7) is 3.45. The predicted octanol–water partition coefficient (Wildman–Crippen LogP) is 5.75. The van der Waals surface area contributed by atoms with Crippen molar-refractivity contribution in [2.24, 2.45) is 17.3 Å². The maximum Gasteiger partial charge on any atom is 0.437 e. The van der Waals surface area contributed by atoms with Crippen molar-refractivity contribution in [3.8, 4) is 11.5 Å². The topological polar surface area (TPSA) is 167 Å². The number of sulfonamides is 1. The fourth-order valence-electron chi connectivity index (χ4n) is 9.26. The number of nitrogens with zero attached hydrogens (tertiary/aromatic N) is 2. The van der Waals surface area contributed by atoms with Crippen molar-refractivity contribution in [3.05, 3.63) is 41.6 Å². The van der Waals surface area contributed by atoms with Crippen LogP contribution in [-0.2, 0) is 51.3 Å². The van der Waals surface area contributed by atoms with Gasteiger partial charge in [0.15, 0.2) is 22.8 Å². The van der Waals surface area contributed by atoms with Crippen LogP contribution in [0.2, 0.25) is 0 Å². The zero-order valence-corrected chi connectivity index (χ0v) is 34.3. The first-order valence-electron chi connectivity index (χ1n) is 20.4. The average Bonchev–Trinajstić information content (AvgIpc) is 4.06. The Morgan fingerprint density at radius 1 is 1.07 bits per heavy atom. The number of hydrogen-bond donors (Lipinski definition) is 1. The molecule has 2 aliphatic carbocycles. The first-order valence-corrected chi connectivity index (χ1v) is 21.9. The number of fused-ring (bicyclic) bond motifs is 5. The van der Waals surface area contributed by atoms with Crippen LogP contribution in [-0.4, -0.2) is 90.7 Å². The molecule has 320 valence electrons. The van der Waals surface area contributed by atoms with E-state index in [1.54, 1.807) is 19.9 Å². The summed E-state index contributed by atoms with van der Waals surface area (Å²) in [6, 6.07) is 3.32. The highest BCUT2D eigenvalue weighted by Gasteiger charge is 2.63. The van der Waals surface area contributed by atoms with Gasteiger partial charge in [0, 0.05) is 29.7 Å². The van der Waals surface area contributed by atoms with Crippen LogP contribution >= 0.6 is 0 Å². The second kappa shape index (κ2) is 14.7. The molecule has 1 aromatic heterocycles. The van der Waals surface area contributed by atoms with E-state index in [0.29, 0.717) is 49.7 Å². The fourth-order valence-corrected chi connectivity index (χ4v) is 10.6. The van der Waals surface area contributed by atoms with E-state index < -0.39 is 96.9 Å². The smallest absolute Gasteiger partial charge is 0.437 e. The first-order chi connectivity index (χ1) is 27.8. The molecule has 59 heavy (non-hydrogen) atoms. The molecule has 4 fully saturated rings. The standard InChI is InChI=1S/C42H50F3N3O10S/c1-38(23-56-24-38)57-33(50)17-25-9-7-5-4-6-8-10-26-19-41(26,37(52)47-59(53,54)39(2)15-16-39)21-32(49)31-20-40(22-48(31)36(25)51)14-13-28-29-18-27(55-3)11-12-30(29)46-35(34(28)58-40)42(43,44)45/h8,10-12,18,25-26,31H,4-7,9,13-17,19-24H2,1-3H3,(H,47,52)/b10-8-/t25-,26-,31+,40-,41-/m1/s1. The number of benzene rings is 1. The third-order valence-corrected chi connectivity index (χ3v) is 15.5. The number of allylic oxidation sites excluding steroid dienone is 2. The van der Waals surface area contributed by atoms with Gasteiger partial charge in [-0.15, -0.1) is 0 Å². The van der Waals surface area contributed by atoms with E-state index in [9.17, 15) is 40.8 Å². The van der Waals surface area contributed by atoms with Crippen LogP contribution in [0, 0.1) is 17.3 Å². The largest absolute Gasteiger partial charge is 0.497 e. The quantitative estimate of drug-likeness (QED) is 0.266. The number of rotatable bonds is 7. The third-order valence-electron chi connectivity index (χ3n) is 13.4.